The van der Waals surface area contributed by atoms with Gasteiger partial charge in [-0.1, -0.05) is 24.3 Å². The average molecular weight is 297 g/mol. The fourth-order valence-corrected chi connectivity index (χ4v) is 2.94. The Balaban J connectivity index is 1.84. The Morgan fingerprint density at radius 1 is 0.783 bits per heavy atom. The van der Waals surface area contributed by atoms with E-state index in [-0.39, 0.29) is 0 Å². The van der Waals surface area contributed by atoms with Crippen LogP contribution in [0.4, 0.5) is 0 Å². The lowest BCUT2D eigenvalue weighted by Crippen LogP contribution is -1.88. The van der Waals surface area contributed by atoms with Crippen LogP contribution < -0.4 is 0 Å². The van der Waals surface area contributed by atoms with E-state index in [9.17, 15) is 0 Å². The molecule has 0 amide bonds. The van der Waals surface area contributed by atoms with Crippen molar-refractivity contribution in [2.24, 2.45) is 0 Å². The lowest BCUT2D eigenvalue weighted by Gasteiger charge is -2.03. The predicted molar refractivity (Wildman–Crippen MR) is 90.0 cm³/mol. The monoisotopic (exact) mass is 297 g/mol. The summed E-state index contributed by atoms with van der Waals surface area (Å²) >= 11 is 0. The molecule has 0 aliphatic heterocycles. The van der Waals surface area contributed by atoms with Crippen LogP contribution in [0.15, 0.2) is 71.7 Å². The summed E-state index contributed by atoms with van der Waals surface area (Å²) in [6.07, 6.45) is 7.21. The van der Waals surface area contributed by atoms with Crippen molar-refractivity contribution in [3.05, 3.63) is 67.3 Å². The molecular weight excluding hydrogens is 286 g/mol. The maximum absolute atomic E-state index is 6.01. The summed E-state index contributed by atoms with van der Waals surface area (Å²) in [7, 11) is 0. The van der Waals surface area contributed by atoms with Crippen molar-refractivity contribution in [1.82, 2.24) is 15.0 Å². The van der Waals surface area contributed by atoms with Crippen molar-refractivity contribution in [1.29, 1.82) is 0 Å². The van der Waals surface area contributed by atoms with Crippen LogP contribution in [0, 0.1) is 0 Å². The predicted octanol–water partition coefficient (Wildman–Crippen LogP) is 4.59. The molecule has 5 rings (SSSR count). The molecule has 0 aliphatic rings. The van der Waals surface area contributed by atoms with E-state index < -0.39 is 0 Å². The minimum atomic E-state index is 0.748. The Morgan fingerprint density at radius 2 is 1.70 bits per heavy atom. The minimum Gasteiger partial charge on any atom is -0.454 e. The summed E-state index contributed by atoms with van der Waals surface area (Å²) in [6.45, 7) is 0. The van der Waals surface area contributed by atoms with E-state index in [1.54, 1.807) is 12.4 Å². The summed E-state index contributed by atoms with van der Waals surface area (Å²) in [6, 6.07) is 14.0. The first-order valence-electron chi connectivity index (χ1n) is 7.36. The largest absolute Gasteiger partial charge is 0.454 e. The third-order valence-corrected chi connectivity index (χ3v) is 4.06. The Hall–Kier alpha value is -3.27. The van der Waals surface area contributed by atoms with Gasteiger partial charge in [0.05, 0.1) is 5.69 Å². The molecular formula is C19H11N3O. The molecule has 0 aliphatic carbocycles. The molecule has 108 valence electrons. The zero-order valence-electron chi connectivity index (χ0n) is 12.1. The van der Waals surface area contributed by atoms with Gasteiger partial charge in [0.2, 0.25) is 0 Å². The molecule has 0 saturated heterocycles. The third kappa shape index (κ3) is 1.82. The number of benzene rings is 1. The van der Waals surface area contributed by atoms with Gasteiger partial charge in [-0.05, 0) is 23.6 Å². The molecule has 5 aromatic rings. The van der Waals surface area contributed by atoms with Gasteiger partial charge in [-0.25, -0.2) is 0 Å². The molecule has 0 saturated carbocycles. The van der Waals surface area contributed by atoms with E-state index in [2.05, 4.69) is 21.0 Å². The number of furan rings is 1. The second-order valence-corrected chi connectivity index (χ2v) is 5.43. The van der Waals surface area contributed by atoms with E-state index in [0.717, 1.165) is 44.1 Å². The molecule has 0 fully saturated rings. The fourth-order valence-electron chi connectivity index (χ4n) is 2.94. The maximum Gasteiger partial charge on any atom is 0.163 e. The molecule has 4 aromatic heterocycles. The second-order valence-electron chi connectivity index (χ2n) is 5.43. The Morgan fingerprint density at radius 3 is 2.65 bits per heavy atom. The molecule has 4 heterocycles. The third-order valence-electron chi connectivity index (χ3n) is 4.06. The standard InChI is InChI=1S/C19H11N3O/c1-2-4-13-10-22-16(9-12(13)3-1)18-19-14(5-8-21-18)15-11-20-7-6-17(15)23-19/h1-11H. The number of nitrogens with zero attached hydrogens (tertiary/aromatic N) is 3. The van der Waals surface area contributed by atoms with Crippen molar-refractivity contribution >= 4 is 32.7 Å². The quantitative estimate of drug-likeness (QED) is 0.454. The first-order chi connectivity index (χ1) is 11.4. The average Bonchev–Trinajstić information content (AvgIpc) is 3.00. The lowest BCUT2D eigenvalue weighted by atomic mass is 10.1. The highest BCUT2D eigenvalue weighted by Gasteiger charge is 2.14. The van der Waals surface area contributed by atoms with Crippen LogP contribution in [0.2, 0.25) is 0 Å². The first kappa shape index (κ1) is 12.3. The molecule has 1 aromatic carbocycles. The molecule has 4 nitrogen and oxygen atoms in total. The highest BCUT2D eigenvalue weighted by molar-refractivity contribution is 6.08. The van der Waals surface area contributed by atoms with Crippen LogP contribution in [-0.4, -0.2) is 15.0 Å². The number of fused-ring (bicyclic) bond motifs is 4. The summed E-state index contributed by atoms with van der Waals surface area (Å²) in [5.41, 5.74) is 3.12. The molecule has 0 N–H and O–H groups in total. The van der Waals surface area contributed by atoms with E-state index in [1.165, 1.54) is 0 Å². The Kier molecular flexibility index (Phi) is 2.46. The van der Waals surface area contributed by atoms with Crippen molar-refractivity contribution in [2.45, 2.75) is 0 Å². The van der Waals surface area contributed by atoms with Gasteiger partial charge < -0.3 is 4.42 Å². The summed E-state index contributed by atoms with van der Waals surface area (Å²) < 4.78 is 6.01. The number of rotatable bonds is 1. The smallest absolute Gasteiger partial charge is 0.163 e. The van der Waals surface area contributed by atoms with Gasteiger partial charge in [-0.15, -0.1) is 0 Å². The van der Waals surface area contributed by atoms with E-state index in [4.69, 9.17) is 4.42 Å². The highest BCUT2D eigenvalue weighted by atomic mass is 16.3. The normalized spacial score (nSPS) is 11.5. The highest BCUT2D eigenvalue weighted by Crippen LogP contribution is 2.33. The number of hydrogen-bond donors (Lipinski definition) is 0. The Labute approximate surface area is 131 Å². The van der Waals surface area contributed by atoms with Crippen molar-refractivity contribution in [2.75, 3.05) is 0 Å². The van der Waals surface area contributed by atoms with Crippen LogP contribution in [0.25, 0.3) is 44.1 Å². The van der Waals surface area contributed by atoms with Crippen LogP contribution in [-0.2, 0) is 0 Å². The number of aromatic nitrogens is 3. The lowest BCUT2D eigenvalue weighted by molar-refractivity contribution is 0.667. The second kappa shape index (κ2) is 4.61. The fraction of sp³-hybridized carbons (Fsp3) is 0. The van der Waals surface area contributed by atoms with Crippen LogP contribution >= 0.6 is 0 Å². The van der Waals surface area contributed by atoms with Gasteiger partial charge in [-0.3, -0.25) is 15.0 Å². The first-order valence-corrected chi connectivity index (χ1v) is 7.36. The van der Waals surface area contributed by atoms with Crippen LogP contribution in [0.1, 0.15) is 0 Å². The number of pyridine rings is 3. The molecule has 0 unspecified atom stereocenters. The van der Waals surface area contributed by atoms with Crippen molar-refractivity contribution in [3.63, 3.8) is 0 Å². The molecule has 23 heavy (non-hydrogen) atoms. The molecule has 4 heteroatoms. The van der Waals surface area contributed by atoms with Crippen LogP contribution in [0.3, 0.4) is 0 Å². The van der Waals surface area contributed by atoms with Crippen LogP contribution in [0.5, 0.6) is 0 Å². The van der Waals surface area contributed by atoms with Gasteiger partial charge in [0.15, 0.2) is 5.58 Å². The Bertz CT molecular complexity index is 1180. The molecule has 0 spiro atoms. The summed E-state index contributed by atoms with van der Waals surface area (Å²) in [4.78, 5) is 13.2. The molecule has 0 bridgehead atoms. The molecule has 0 radical (unpaired) electrons. The summed E-state index contributed by atoms with van der Waals surface area (Å²) in [5, 5.41) is 4.24. The summed E-state index contributed by atoms with van der Waals surface area (Å²) in [5.74, 6) is 0. The SMILES string of the molecule is c1ccc2cc(-c3nccc4c3oc3ccncc34)ncc2c1. The van der Waals surface area contributed by atoms with E-state index in [1.807, 2.05) is 48.8 Å². The van der Waals surface area contributed by atoms with Gasteiger partial charge in [0, 0.05) is 40.9 Å². The van der Waals surface area contributed by atoms with Gasteiger partial charge >= 0.3 is 0 Å². The van der Waals surface area contributed by atoms with Crippen molar-refractivity contribution in [3.8, 4) is 11.4 Å². The van der Waals surface area contributed by atoms with Gasteiger partial charge in [0.25, 0.3) is 0 Å². The number of hydrogen-bond acceptors (Lipinski definition) is 4. The zero-order chi connectivity index (χ0) is 15.2. The molecule has 0 atom stereocenters. The zero-order valence-corrected chi connectivity index (χ0v) is 12.1. The van der Waals surface area contributed by atoms with Crippen molar-refractivity contribution < 1.29 is 4.42 Å². The van der Waals surface area contributed by atoms with E-state index in [0.29, 0.717) is 0 Å². The van der Waals surface area contributed by atoms with Gasteiger partial charge in [-0.2, -0.15) is 0 Å². The maximum atomic E-state index is 6.01. The minimum absolute atomic E-state index is 0.748. The van der Waals surface area contributed by atoms with E-state index >= 15 is 0 Å². The van der Waals surface area contributed by atoms with Gasteiger partial charge in [0.1, 0.15) is 11.3 Å². The topological polar surface area (TPSA) is 51.8 Å².